The molecule has 4 heteroatoms. The fourth-order valence-corrected chi connectivity index (χ4v) is 1.54. The third-order valence-electron chi connectivity index (χ3n) is 2.50. The molecule has 0 atom stereocenters. The predicted octanol–water partition coefficient (Wildman–Crippen LogP) is 1.24. The highest BCUT2D eigenvalue weighted by Gasteiger charge is 2.17. The molecule has 0 aromatic carbocycles. The quantitative estimate of drug-likeness (QED) is 0.758. The average Bonchev–Trinajstić information content (AvgIpc) is 2.10. The molecule has 0 aliphatic heterocycles. The smallest absolute Gasteiger partial charge is 0.156 e. The molecule has 1 aromatic rings. The number of aliphatic hydroxyl groups is 1. The first-order chi connectivity index (χ1) is 6.78. The summed E-state index contributed by atoms with van der Waals surface area (Å²) in [5, 5.41) is 12.3. The topological polar surface area (TPSA) is 58.0 Å². The molecule has 1 fully saturated rings. The van der Waals surface area contributed by atoms with Crippen LogP contribution in [-0.2, 0) is 6.61 Å². The van der Waals surface area contributed by atoms with Crippen molar-refractivity contribution in [2.75, 3.05) is 5.32 Å². The monoisotopic (exact) mass is 193 g/mol. The van der Waals surface area contributed by atoms with Gasteiger partial charge in [0.25, 0.3) is 0 Å². The van der Waals surface area contributed by atoms with Gasteiger partial charge in [0.1, 0.15) is 12.4 Å². The first-order valence-corrected chi connectivity index (χ1v) is 5.00. The molecule has 0 spiro atoms. The van der Waals surface area contributed by atoms with Crippen LogP contribution in [0, 0.1) is 6.92 Å². The van der Waals surface area contributed by atoms with E-state index in [4.69, 9.17) is 5.11 Å². The lowest BCUT2D eigenvalue weighted by atomic mass is 9.93. The van der Waals surface area contributed by atoms with Gasteiger partial charge >= 0.3 is 0 Å². The summed E-state index contributed by atoms with van der Waals surface area (Å²) in [6, 6.07) is 2.48. The number of anilines is 1. The molecule has 76 valence electrons. The number of nitrogens with zero attached hydrogens (tertiary/aromatic N) is 2. The van der Waals surface area contributed by atoms with E-state index < -0.39 is 0 Å². The zero-order valence-corrected chi connectivity index (χ0v) is 8.32. The lowest BCUT2D eigenvalue weighted by Crippen LogP contribution is -2.27. The van der Waals surface area contributed by atoms with Crippen LogP contribution in [0.25, 0.3) is 0 Å². The van der Waals surface area contributed by atoms with E-state index in [2.05, 4.69) is 15.3 Å². The Bertz CT molecular complexity index is 323. The first kappa shape index (κ1) is 9.40. The van der Waals surface area contributed by atoms with E-state index in [-0.39, 0.29) is 6.61 Å². The van der Waals surface area contributed by atoms with Crippen LogP contribution in [0.1, 0.15) is 30.8 Å². The minimum Gasteiger partial charge on any atom is -0.388 e. The van der Waals surface area contributed by atoms with E-state index in [0.29, 0.717) is 11.9 Å². The second-order valence-corrected chi connectivity index (χ2v) is 3.74. The summed E-state index contributed by atoms with van der Waals surface area (Å²) < 4.78 is 0. The first-order valence-electron chi connectivity index (χ1n) is 5.00. The number of rotatable bonds is 3. The van der Waals surface area contributed by atoms with E-state index in [0.717, 1.165) is 11.5 Å². The van der Waals surface area contributed by atoms with Crippen LogP contribution in [0.3, 0.4) is 0 Å². The molecular weight excluding hydrogens is 178 g/mol. The lowest BCUT2D eigenvalue weighted by molar-refractivity contribution is 0.271. The highest BCUT2D eigenvalue weighted by atomic mass is 16.3. The number of nitrogens with one attached hydrogen (secondary N) is 1. The molecular formula is C10H15N3O. The van der Waals surface area contributed by atoms with Crippen molar-refractivity contribution in [1.29, 1.82) is 0 Å². The summed E-state index contributed by atoms with van der Waals surface area (Å²) in [6.45, 7) is 1.81. The average molecular weight is 193 g/mol. The van der Waals surface area contributed by atoms with Gasteiger partial charge in [-0.2, -0.15) is 0 Å². The van der Waals surface area contributed by atoms with Gasteiger partial charge in [-0.1, -0.05) is 0 Å². The summed E-state index contributed by atoms with van der Waals surface area (Å²) in [5.74, 6) is 1.33. The minimum absolute atomic E-state index is 0.0962. The zero-order valence-electron chi connectivity index (χ0n) is 8.32. The number of aliphatic hydroxyl groups excluding tert-OH is 1. The Kier molecular flexibility index (Phi) is 2.63. The molecule has 1 aliphatic rings. The molecule has 0 bridgehead atoms. The Morgan fingerprint density at radius 1 is 1.50 bits per heavy atom. The van der Waals surface area contributed by atoms with Crippen molar-refractivity contribution >= 4 is 5.82 Å². The van der Waals surface area contributed by atoms with Crippen LogP contribution in [0.15, 0.2) is 6.07 Å². The second kappa shape index (κ2) is 3.92. The molecule has 0 saturated heterocycles. The van der Waals surface area contributed by atoms with Crippen molar-refractivity contribution in [3.05, 3.63) is 17.6 Å². The Labute approximate surface area is 83.4 Å². The minimum atomic E-state index is -0.0962. The third kappa shape index (κ3) is 2.01. The highest BCUT2D eigenvalue weighted by Crippen LogP contribution is 2.22. The molecule has 1 aromatic heterocycles. The highest BCUT2D eigenvalue weighted by molar-refractivity contribution is 5.37. The summed E-state index contributed by atoms with van der Waals surface area (Å²) in [7, 11) is 0. The standard InChI is InChI=1S/C10H15N3O/c1-7-5-9(12-8-3-2-4-8)13-10(6-14)11-7/h5,8,14H,2-4,6H2,1H3,(H,11,12,13). The maximum Gasteiger partial charge on any atom is 0.156 e. The summed E-state index contributed by atoms with van der Waals surface area (Å²) in [4.78, 5) is 8.30. The van der Waals surface area contributed by atoms with Crippen LogP contribution >= 0.6 is 0 Å². The van der Waals surface area contributed by atoms with Gasteiger partial charge in [0.05, 0.1) is 0 Å². The molecule has 4 nitrogen and oxygen atoms in total. The predicted molar refractivity (Wildman–Crippen MR) is 54.0 cm³/mol. The van der Waals surface area contributed by atoms with Crippen molar-refractivity contribution in [2.24, 2.45) is 0 Å². The molecule has 14 heavy (non-hydrogen) atoms. The van der Waals surface area contributed by atoms with E-state index in [1.165, 1.54) is 19.3 Å². The van der Waals surface area contributed by atoms with E-state index in [1.54, 1.807) is 0 Å². The van der Waals surface area contributed by atoms with Crippen molar-refractivity contribution < 1.29 is 5.11 Å². The van der Waals surface area contributed by atoms with Crippen LogP contribution in [0.2, 0.25) is 0 Å². The maximum absolute atomic E-state index is 8.94. The molecule has 2 rings (SSSR count). The Balaban J connectivity index is 2.11. The van der Waals surface area contributed by atoms with Crippen molar-refractivity contribution in [3.8, 4) is 0 Å². The van der Waals surface area contributed by atoms with Crippen LogP contribution in [0.4, 0.5) is 5.82 Å². The lowest BCUT2D eigenvalue weighted by Gasteiger charge is -2.27. The van der Waals surface area contributed by atoms with Gasteiger partial charge in [0.2, 0.25) is 0 Å². The molecule has 0 radical (unpaired) electrons. The van der Waals surface area contributed by atoms with Gasteiger partial charge in [-0.15, -0.1) is 0 Å². The Hall–Kier alpha value is -1.16. The van der Waals surface area contributed by atoms with Crippen LogP contribution in [-0.4, -0.2) is 21.1 Å². The van der Waals surface area contributed by atoms with Crippen molar-refractivity contribution in [1.82, 2.24) is 9.97 Å². The SMILES string of the molecule is Cc1cc(NC2CCC2)nc(CO)n1. The number of hydrogen-bond acceptors (Lipinski definition) is 4. The van der Waals surface area contributed by atoms with E-state index in [1.807, 2.05) is 13.0 Å². The molecule has 2 N–H and O–H groups in total. The molecule has 0 amide bonds. The fourth-order valence-electron chi connectivity index (χ4n) is 1.54. The summed E-state index contributed by atoms with van der Waals surface area (Å²) in [5.41, 5.74) is 0.894. The third-order valence-corrected chi connectivity index (χ3v) is 2.50. The van der Waals surface area contributed by atoms with Crippen molar-refractivity contribution in [2.45, 2.75) is 38.8 Å². The Morgan fingerprint density at radius 3 is 2.86 bits per heavy atom. The largest absolute Gasteiger partial charge is 0.388 e. The Morgan fingerprint density at radius 2 is 2.29 bits per heavy atom. The van der Waals surface area contributed by atoms with E-state index >= 15 is 0 Å². The zero-order chi connectivity index (χ0) is 9.97. The van der Waals surface area contributed by atoms with Crippen LogP contribution < -0.4 is 5.32 Å². The van der Waals surface area contributed by atoms with Crippen molar-refractivity contribution in [3.63, 3.8) is 0 Å². The van der Waals surface area contributed by atoms with E-state index in [9.17, 15) is 0 Å². The molecule has 1 aliphatic carbocycles. The van der Waals surface area contributed by atoms with Gasteiger partial charge in [-0.05, 0) is 26.2 Å². The number of aryl methyl sites for hydroxylation is 1. The molecule has 1 saturated carbocycles. The number of aromatic nitrogens is 2. The van der Waals surface area contributed by atoms with Crippen LogP contribution in [0.5, 0.6) is 0 Å². The normalized spacial score (nSPS) is 16.4. The summed E-state index contributed by atoms with van der Waals surface area (Å²) in [6.07, 6.45) is 3.74. The van der Waals surface area contributed by atoms with Gasteiger partial charge in [0, 0.05) is 17.8 Å². The maximum atomic E-state index is 8.94. The fraction of sp³-hybridized carbons (Fsp3) is 0.600. The van der Waals surface area contributed by atoms with Gasteiger partial charge in [0.15, 0.2) is 5.82 Å². The molecule has 0 unspecified atom stereocenters. The molecule has 1 heterocycles. The summed E-state index contributed by atoms with van der Waals surface area (Å²) >= 11 is 0. The second-order valence-electron chi connectivity index (χ2n) is 3.74. The van der Waals surface area contributed by atoms with Gasteiger partial charge in [-0.25, -0.2) is 9.97 Å². The van der Waals surface area contributed by atoms with Gasteiger partial charge in [-0.3, -0.25) is 0 Å². The number of hydrogen-bond donors (Lipinski definition) is 2. The van der Waals surface area contributed by atoms with Gasteiger partial charge < -0.3 is 10.4 Å².